The molecule has 0 bridgehead atoms. The molecule has 1 amide bonds. The minimum absolute atomic E-state index is 0.122. The lowest BCUT2D eigenvalue weighted by Crippen LogP contribution is -2.43. The average molecular weight is 504 g/mol. The number of rotatable bonds is 7. The van der Waals surface area contributed by atoms with Crippen LogP contribution >= 0.6 is 11.3 Å². The van der Waals surface area contributed by atoms with E-state index in [0.717, 1.165) is 34.8 Å². The molecule has 0 spiro atoms. The number of aryl methyl sites for hydroxylation is 2. The Labute approximate surface area is 214 Å². The van der Waals surface area contributed by atoms with Gasteiger partial charge in [0.05, 0.1) is 35.4 Å². The third-order valence-electron chi connectivity index (χ3n) is 6.73. The van der Waals surface area contributed by atoms with E-state index in [0.29, 0.717) is 36.9 Å². The number of amides is 1. The number of ether oxygens (including phenoxy) is 1. The van der Waals surface area contributed by atoms with Crippen LogP contribution < -0.4 is 0 Å². The highest BCUT2D eigenvalue weighted by Crippen LogP contribution is 2.41. The van der Waals surface area contributed by atoms with Crippen LogP contribution in [0.3, 0.4) is 0 Å². The molecule has 7 nitrogen and oxygen atoms in total. The maximum absolute atomic E-state index is 13.9. The van der Waals surface area contributed by atoms with Crippen LogP contribution in [-0.2, 0) is 9.53 Å². The fourth-order valence-corrected chi connectivity index (χ4v) is 5.74. The number of carbonyl (C=O) groups is 2. The van der Waals surface area contributed by atoms with Crippen molar-refractivity contribution in [2.45, 2.75) is 19.9 Å². The highest BCUT2D eigenvalue weighted by Gasteiger charge is 2.44. The fourth-order valence-electron chi connectivity index (χ4n) is 4.72. The quantitative estimate of drug-likeness (QED) is 0.483. The highest BCUT2D eigenvalue weighted by atomic mass is 32.1. The first-order valence-electron chi connectivity index (χ1n) is 12.1. The number of hydrogen-bond donors (Lipinski definition) is 1. The molecule has 0 radical (unpaired) electrons. The van der Waals surface area contributed by atoms with Crippen molar-refractivity contribution in [1.82, 2.24) is 14.8 Å². The zero-order valence-corrected chi connectivity index (χ0v) is 21.3. The van der Waals surface area contributed by atoms with Gasteiger partial charge in [0.15, 0.2) is 5.76 Å². The Morgan fingerprint density at radius 1 is 1.06 bits per heavy atom. The predicted octanol–water partition coefficient (Wildman–Crippen LogP) is 4.34. The first kappa shape index (κ1) is 24.4. The Balaban J connectivity index is 1.49. The number of aromatic nitrogens is 1. The van der Waals surface area contributed by atoms with Crippen molar-refractivity contribution in [3.8, 4) is 10.6 Å². The molecule has 36 heavy (non-hydrogen) atoms. The van der Waals surface area contributed by atoms with Crippen LogP contribution in [0.1, 0.15) is 32.5 Å². The minimum atomic E-state index is -0.659. The normalized spacial score (nSPS) is 18.8. The van der Waals surface area contributed by atoms with Gasteiger partial charge in [-0.15, -0.1) is 11.3 Å². The maximum Gasteiger partial charge on any atom is 0.290 e. The summed E-state index contributed by atoms with van der Waals surface area (Å²) in [6.45, 7) is 7.75. The van der Waals surface area contributed by atoms with Crippen molar-refractivity contribution in [3.63, 3.8) is 0 Å². The summed E-state index contributed by atoms with van der Waals surface area (Å²) in [5, 5.41) is 11.7. The predicted molar refractivity (Wildman–Crippen MR) is 139 cm³/mol. The van der Waals surface area contributed by atoms with E-state index >= 15 is 0 Å². The molecule has 1 unspecified atom stereocenters. The molecule has 3 aromatic rings. The average Bonchev–Trinajstić information content (AvgIpc) is 3.41. The summed E-state index contributed by atoms with van der Waals surface area (Å²) in [7, 11) is 0. The van der Waals surface area contributed by atoms with E-state index in [4.69, 9.17) is 4.74 Å². The van der Waals surface area contributed by atoms with Gasteiger partial charge in [-0.05, 0) is 19.4 Å². The summed E-state index contributed by atoms with van der Waals surface area (Å²) in [6.07, 6.45) is 0. The summed E-state index contributed by atoms with van der Waals surface area (Å²) in [4.78, 5) is 36.1. The molecule has 1 saturated heterocycles. The second-order valence-corrected chi connectivity index (χ2v) is 10.2. The van der Waals surface area contributed by atoms with Gasteiger partial charge in [-0.3, -0.25) is 14.5 Å². The topological polar surface area (TPSA) is 83.0 Å². The van der Waals surface area contributed by atoms with Gasteiger partial charge < -0.3 is 14.7 Å². The third kappa shape index (κ3) is 4.72. The number of aliphatic hydroxyl groups excluding tert-OH is 1. The van der Waals surface area contributed by atoms with Gasteiger partial charge in [0.2, 0.25) is 5.78 Å². The summed E-state index contributed by atoms with van der Waals surface area (Å²) in [5.74, 6) is -1.33. The van der Waals surface area contributed by atoms with Crippen LogP contribution in [0.15, 0.2) is 65.9 Å². The number of benzene rings is 2. The molecule has 2 aliphatic rings. The Morgan fingerprint density at radius 2 is 1.75 bits per heavy atom. The maximum atomic E-state index is 13.9. The molecule has 2 aliphatic heterocycles. The van der Waals surface area contributed by atoms with E-state index in [1.54, 1.807) is 11.8 Å². The molecule has 186 valence electrons. The van der Waals surface area contributed by atoms with Crippen LogP contribution in [0, 0.1) is 13.8 Å². The van der Waals surface area contributed by atoms with Gasteiger partial charge in [-0.25, -0.2) is 4.98 Å². The number of morpholine rings is 1. The van der Waals surface area contributed by atoms with Crippen LogP contribution in [0.2, 0.25) is 0 Å². The van der Waals surface area contributed by atoms with Gasteiger partial charge in [-0.2, -0.15) is 0 Å². The van der Waals surface area contributed by atoms with Crippen molar-refractivity contribution in [3.05, 3.63) is 87.6 Å². The number of ketones is 1. The Hall–Kier alpha value is -3.33. The van der Waals surface area contributed by atoms with Gasteiger partial charge >= 0.3 is 0 Å². The van der Waals surface area contributed by atoms with Crippen molar-refractivity contribution < 1.29 is 19.4 Å². The molecular formula is C28H29N3O4S. The first-order valence-corrected chi connectivity index (χ1v) is 12.9. The smallest absolute Gasteiger partial charge is 0.290 e. The van der Waals surface area contributed by atoms with Gasteiger partial charge in [-0.1, -0.05) is 60.2 Å². The summed E-state index contributed by atoms with van der Waals surface area (Å²) in [6, 6.07) is 16.8. The fraction of sp³-hybridized carbons (Fsp3) is 0.321. The number of carbonyl (C=O) groups excluding carboxylic acids is 2. The number of Topliss-reactive ketones (excluding diaryl/α,β-unsaturated/α-hetero) is 1. The molecule has 3 heterocycles. The highest BCUT2D eigenvalue weighted by molar-refractivity contribution is 7.17. The second-order valence-electron chi connectivity index (χ2n) is 9.16. The van der Waals surface area contributed by atoms with Gasteiger partial charge in [0.1, 0.15) is 5.01 Å². The lowest BCUT2D eigenvalue weighted by molar-refractivity contribution is -0.129. The van der Waals surface area contributed by atoms with Gasteiger partial charge in [0.25, 0.3) is 5.91 Å². The largest absolute Gasteiger partial charge is 0.503 e. The standard InChI is InChI=1S/C28H29N3O4S/c1-18-8-10-20(11-9-18)23-22(25(33)28(34)31(23)13-12-30-14-16-35-17-15-30)24(32)26-19(2)29-27(36-26)21-6-4-3-5-7-21/h3-11,23,33H,12-17H2,1-2H3. The molecule has 2 aromatic carbocycles. The zero-order valence-electron chi connectivity index (χ0n) is 20.4. The van der Waals surface area contributed by atoms with Crippen LogP contribution in [0.25, 0.3) is 10.6 Å². The second kappa shape index (κ2) is 10.3. The molecule has 1 aromatic heterocycles. The number of hydrogen-bond acceptors (Lipinski definition) is 7. The first-order chi connectivity index (χ1) is 17.4. The summed E-state index contributed by atoms with van der Waals surface area (Å²) >= 11 is 1.29. The van der Waals surface area contributed by atoms with Crippen LogP contribution in [0.5, 0.6) is 0 Å². The summed E-state index contributed by atoms with van der Waals surface area (Å²) in [5.41, 5.74) is 3.51. The van der Waals surface area contributed by atoms with E-state index in [9.17, 15) is 14.7 Å². The molecular weight excluding hydrogens is 474 g/mol. The molecule has 5 rings (SSSR count). The number of nitrogens with zero attached hydrogens (tertiary/aromatic N) is 3. The molecule has 0 aliphatic carbocycles. The Bertz CT molecular complexity index is 1290. The summed E-state index contributed by atoms with van der Waals surface area (Å²) < 4.78 is 5.43. The minimum Gasteiger partial charge on any atom is -0.503 e. The van der Waals surface area contributed by atoms with E-state index in [-0.39, 0.29) is 11.4 Å². The van der Waals surface area contributed by atoms with E-state index < -0.39 is 17.7 Å². The third-order valence-corrected chi connectivity index (χ3v) is 7.93. The Kier molecular flexibility index (Phi) is 7.00. The molecule has 1 atom stereocenters. The molecule has 8 heteroatoms. The Morgan fingerprint density at radius 3 is 2.44 bits per heavy atom. The van der Waals surface area contributed by atoms with Crippen molar-refractivity contribution in [2.24, 2.45) is 0 Å². The van der Waals surface area contributed by atoms with E-state index in [2.05, 4.69) is 9.88 Å². The molecule has 1 N–H and O–H groups in total. The van der Waals surface area contributed by atoms with E-state index in [1.807, 2.05) is 61.5 Å². The SMILES string of the molecule is Cc1ccc(C2C(C(=O)c3sc(-c4ccccc4)nc3C)=C(O)C(=O)N2CCN2CCOCC2)cc1. The monoisotopic (exact) mass is 503 g/mol. The number of thiazole rings is 1. The van der Waals surface area contributed by atoms with Gasteiger partial charge in [0, 0.05) is 31.7 Å². The lowest BCUT2D eigenvalue weighted by Gasteiger charge is -2.31. The lowest BCUT2D eigenvalue weighted by atomic mass is 9.94. The molecule has 0 saturated carbocycles. The van der Waals surface area contributed by atoms with E-state index in [1.165, 1.54) is 11.3 Å². The van der Waals surface area contributed by atoms with Crippen LogP contribution in [0.4, 0.5) is 0 Å². The van der Waals surface area contributed by atoms with Crippen molar-refractivity contribution in [1.29, 1.82) is 0 Å². The number of aliphatic hydroxyl groups is 1. The van der Waals surface area contributed by atoms with Crippen molar-refractivity contribution >= 4 is 23.0 Å². The zero-order chi connectivity index (χ0) is 25.2. The van der Waals surface area contributed by atoms with Crippen LogP contribution in [-0.4, -0.2) is 71.0 Å². The van der Waals surface area contributed by atoms with Crippen molar-refractivity contribution in [2.75, 3.05) is 39.4 Å². The molecule has 1 fully saturated rings.